The minimum absolute atomic E-state index is 0.0927. The van der Waals surface area contributed by atoms with Gasteiger partial charge in [0.25, 0.3) is 0 Å². The van der Waals surface area contributed by atoms with Crippen LogP contribution in [0.2, 0.25) is 10.0 Å². The molecule has 7 nitrogen and oxygen atoms in total. The summed E-state index contributed by atoms with van der Waals surface area (Å²) in [5.41, 5.74) is 11.3. The van der Waals surface area contributed by atoms with Crippen LogP contribution in [0, 0.1) is 5.92 Å². The standard InChI is InChI=1S/C36H37Cl2N3O4/c1-36(2,3)45-35(43)41(20-22-11-17-26(42)19-22)21-24-14-18-31(40-34(24)44-4)30-10-6-9-29(33(30)38)28-8-5-7-27(32(28)37)23-12-15-25(39)16-13-23/h5-10,12-16,18,22H,11,17,19-21,39H2,1-4H3/t22-/m1/s1. The number of nitrogen functional groups attached to an aromatic ring is 1. The van der Waals surface area contributed by atoms with Crippen molar-refractivity contribution in [1.82, 2.24) is 9.88 Å². The third kappa shape index (κ3) is 7.60. The topological polar surface area (TPSA) is 94.8 Å². The van der Waals surface area contributed by atoms with Gasteiger partial charge in [-0.2, -0.15) is 0 Å². The Labute approximate surface area is 274 Å². The number of benzene rings is 3. The summed E-state index contributed by atoms with van der Waals surface area (Å²) in [7, 11) is 1.55. The second-order valence-electron chi connectivity index (χ2n) is 12.3. The number of aromatic nitrogens is 1. The zero-order valence-electron chi connectivity index (χ0n) is 25.9. The van der Waals surface area contributed by atoms with Gasteiger partial charge in [-0.25, -0.2) is 9.78 Å². The van der Waals surface area contributed by atoms with Gasteiger partial charge >= 0.3 is 6.09 Å². The Hall–Kier alpha value is -4.07. The average molecular weight is 647 g/mol. The summed E-state index contributed by atoms with van der Waals surface area (Å²) in [6.07, 6.45) is 1.33. The van der Waals surface area contributed by atoms with Gasteiger partial charge in [0.05, 0.1) is 29.4 Å². The van der Waals surface area contributed by atoms with Crippen molar-refractivity contribution in [3.63, 3.8) is 0 Å². The lowest BCUT2D eigenvalue weighted by atomic mass is 9.96. The molecular formula is C36H37Cl2N3O4. The maximum Gasteiger partial charge on any atom is 0.410 e. The van der Waals surface area contributed by atoms with Gasteiger partial charge in [0.2, 0.25) is 5.88 Å². The number of ketones is 1. The highest BCUT2D eigenvalue weighted by Crippen LogP contribution is 2.42. The number of Topliss-reactive ketones (excluding diaryl/α,β-unsaturated/α-hetero) is 1. The molecule has 3 aromatic carbocycles. The van der Waals surface area contributed by atoms with Crippen LogP contribution in [-0.2, 0) is 16.1 Å². The quantitative estimate of drug-likeness (QED) is 0.192. The molecule has 0 aliphatic heterocycles. The number of hydrogen-bond acceptors (Lipinski definition) is 6. The first-order valence-corrected chi connectivity index (χ1v) is 15.7. The van der Waals surface area contributed by atoms with E-state index in [0.29, 0.717) is 57.8 Å². The predicted octanol–water partition coefficient (Wildman–Crippen LogP) is 9.09. The van der Waals surface area contributed by atoms with Crippen LogP contribution in [0.1, 0.15) is 45.6 Å². The first-order chi connectivity index (χ1) is 21.4. The number of pyridine rings is 1. The van der Waals surface area contributed by atoms with Crippen molar-refractivity contribution in [2.45, 2.75) is 52.2 Å². The largest absolute Gasteiger partial charge is 0.481 e. The van der Waals surface area contributed by atoms with E-state index in [1.807, 2.05) is 93.6 Å². The SMILES string of the molecule is COc1nc(-c2cccc(-c3cccc(-c4ccc(N)cc4)c3Cl)c2Cl)ccc1CN(C[C@@H]1CCC(=O)C1)C(=O)OC(C)(C)C. The Kier molecular flexibility index (Phi) is 9.70. The van der Waals surface area contributed by atoms with Crippen molar-refractivity contribution < 1.29 is 19.1 Å². The Balaban J connectivity index is 1.46. The number of anilines is 1. The van der Waals surface area contributed by atoms with Gasteiger partial charge < -0.3 is 20.1 Å². The highest BCUT2D eigenvalue weighted by atomic mass is 35.5. The number of nitrogens with two attached hydrogens (primary N) is 1. The molecule has 1 aliphatic carbocycles. The number of carbonyl (C=O) groups is 2. The molecule has 0 radical (unpaired) electrons. The molecule has 0 unspecified atom stereocenters. The van der Waals surface area contributed by atoms with E-state index in [0.717, 1.165) is 28.7 Å². The normalized spacial score (nSPS) is 14.8. The molecule has 1 saturated carbocycles. The number of ether oxygens (including phenoxy) is 2. The molecular weight excluding hydrogens is 609 g/mol. The summed E-state index contributed by atoms with van der Waals surface area (Å²) in [4.78, 5) is 31.6. The zero-order valence-corrected chi connectivity index (χ0v) is 27.4. The molecule has 1 fully saturated rings. The summed E-state index contributed by atoms with van der Waals surface area (Å²) < 4.78 is 11.4. The number of halogens is 2. The third-order valence-electron chi connectivity index (χ3n) is 7.76. The van der Waals surface area contributed by atoms with E-state index >= 15 is 0 Å². The molecule has 0 spiro atoms. The number of carbonyl (C=O) groups excluding carboxylic acids is 2. The van der Waals surface area contributed by atoms with Crippen molar-refractivity contribution in [2.24, 2.45) is 5.92 Å². The number of methoxy groups -OCH3 is 1. The van der Waals surface area contributed by atoms with E-state index < -0.39 is 11.7 Å². The summed E-state index contributed by atoms with van der Waals surface area (Å²) in [5.74, 6) is 0.689. The first-order valence-electron chi connectivity index (χ1n) is 14.9. The number of rotatable bonds is 8. The molecule has 1 aliphatic rings. The van der Waals surface area contributed by atoms with E-state index in [9.17, 15) is 9.59 Å². The molecule has 1 aromatic heterocycles. The van der Waals surface area contributed by atoms with Crippen LogP contribution in [0.25, 0.3) is 33.5 Å². The molecule has 1 atom stereocenters. The van der Waals surface area contributed by atoms with Crippen molar-refractivity contribution in [3.05, 3.63) is 88.4 Å². The minimum atomic E-state index is -0.660. The molecule has 45 heavy (non-hydrogen) atoms. The fraction of sp³-hybridized carbons (Fsp3) is 0.306. The molecule has 4 aromatic rings. The maximum absolute atomic E-state index is 13.2. The zero-order chi connectivity index (χ0) is 32.3. The lowest BCUT2D eigenvalue weighted by molar-refractivity contribution is -0.117. The monoisotopic (exact) mass is 645 g/mol. The first kappa shape index (κ1) is 32.3. The lowest BCUT2D eigenvalue weighted by Gasteiger charge is -2.29. The van der Waals surface area contributed by atoms with E-state index in [2.05, 4.69) is 0 Å². The van der Waals surface area contributed by atoms with Gasteiger partial charge in [0, 0.05) is 52.9 Å². The van der Waals surface area contributed by atoms with Crippen molar-refractivity contribution >= 4 is 40.8 Å². The van der Waals surface area contributed by atoms with E-state index in [1.165, 1.54) is 0 Å². The Bertz CT molecular complexity index is 1720. The summed E-state index contributed by atoms with van der Waals surface area (Å²) in [6, 6.07) is 22.9. The summed E-state index contributed by atoms with van der Waals surface area (Å²) >= 11 is 14.0. The fourth-order valence-electron chi connectivity index (χ4n) is 5.57. The van der Waals surface area contributed by atoms with Gasteiger partial charge in [-0.05, 0) is 62.9 Å². The third-order valence-corrected chi connectivity index (χ3v) is 8.57. The van der Waals surface area contributed by atoms with Crippen LogP contribution in [0.5, 0.6) is 5.88 Å². The Morgan fingerprint density at radius 1 is 0.933 bits per heavy atom. The molecule has 0 bridgehead atoms. The van der Waals surface area contributed by atoms with E-state index in [1.54, 1.807) is 12.0 Å². The lowest BCUT2D eigenvalue weighted by Crippen LogP contribution is -2.39. The summed E-state index contributed by atoms with van der Waals surface area (Å²) in [6.45, 7) is 6.13. The second-order valence-corrected chi connectivity index (χ2v) is 13.1. The van der Waals surface area contributed by atoms with Crippen LogP contribution in [-0.4, -0.2) is 41.0 Å². The number of hydrogen-bond donors (Lipinski definition) is 1. The van der Waals surface area contributed by atoms with Crippen LogP contribution in [0.15, 0.2) is 72.8 Å². The van der Waals surface area contributed by atoms with Crippen LogP contribution in [0.3, 0.4) is 0 Å². The van der Waals surface area contributed by atoms with Crippen LogP contribution < -0.4 is 10.5 Å². The van der Waals surface area contributed by atoms with Crippen molar-refractivity contribution in [2.75, 3.05) is 19.4 Å². The number of nitrogens with zero attached hydrogens (tertiary/aromatic N) is 2. The van der Waals surface area contributed by atoms with Crippen LogP contribution >= 0.6 is 23.2 Å². The van der Waals surface area contributed by atoms with E-state index in [-0.39, 0.29) is 18.2 Å². The highest BCUT2D eigenvalue weighted by Gasteiger charge is 2.30. The Morgan fingerprint density at radius 2 is 1.56 bits per heavy atom. The molecule has 1 heterocycles. The molecule has 0 saturated heterocycles. The van der Waals surface area contributed by atoms with Crippen LogP contribution in [0.4, 0.5) is 10.5 Å². The van der Waals surface area contributed by atoms with Gasteiger partial charge in [-0.1, -0.05) is 71.7 Å². The van der Waals surface area contributed by atoms with Crippen molar-refractivity contribution in [3.8, 4) is 39.4 Å². The summed E-state index contributed by atoms with van der Waals surface area (Å²) in [5, 5.41) is 1.07. The van der Waals surface area contributed by atoms with Gasteiger partial charge in [-0.3, -0.25) is 4.79 Å². The minimum Gasteiger partial charge on any atom is -0.481 e. The van der Waals surface area contributed by atoms with E-state index in [4.69, 9.17) is 43.4 Å². The maximum atomic E-state index is 13.2. The van der Waals surface area contributed by atoms with Gasteiger partial charge in [0.1, 0.15) is 11.4 Å². The smallest absolute Gasteiger partial charge is 0.410 e. The molecule has 234 valence electrons. The molecule has 9 heteroatoms. The highest BCUT2D eigenvalue weighted by molar-refractivity contribution is 6.39. The van der Waals surface area contributed by atoms with Gasteiger partial charge in [-0.15, -0.1) is 0 Å². The molecule has 1 amide bonds. The van der Waals surface area contributed by atoms with Gasteiger partial charge in [0.15, 0.2) is 0 Å². The predicted molar refractivity (Wildman–Crippen MR) is 181 cm³/mol. The van der Waals surface area contributed by atoms with Crippen molar-refractivity contribution in [1.29, 1.82) is 0 Å². The average Bonchev–Trinajstić information content (AvgIpc) is 3.41. The second kappa shape index (κ2) is 13.5. The Morgan fingerprint density at radius 3 is 2.16 bits per heavy atom. The molecule has 5 rings (SSSR count). The molecule has 2 N–H and O–H groups in total. The number of amides is 1. The fourth-order valence-corrected chi connectivity index (χ4v) is 6.24.